The van der Waals surface area contributed by atoms with E-state index < -0.39 is 5.97 Å². The fourth-order valence-corrected chi connectivity index (χ4v) is 1.83. The van der Waals surface area contributed by atoms with Crippen LogP contribution in [0, 0.1) is 0 Å². The Kier molecular flexibility index (Phi) is 3.14. The van der Waals surface area contributed by atoms with Crippen LogP contribution in [0.15, 0.2) is 48.8 Å². The van der Waals surface area contributed by atoms with E-state index in [1.807, 2.05) is 41.2 Å². The SMILES string of the molecule is Nc1ccc([C@@H](CC(=O)O)n2cccc2)cc1. The molecule has 0 spiro atoms. The standard InChI is InChI=1S/C13H14N2O2/c14-11-5-3-10(4-6-11)12(9-13(16)17)15-7-1-2-8-15/h1-8,12H,9,14H2,(H,16,17)/t12-/m1/s1. The van der Waals surface area contributed by atoms with Crippen molar-refractivity contribution in [2.45, 2.75) is 12.5 Å². The first-order valence-electron chi connectivity index (χ1n) is 5.36. The molecule has 0 aliphatic heterocycles. The Morgan fingerprint density at radius 3 is 2.35 bits per heavy atom. The van der Waals surface area contributed by atoms with E-state index in [1.165, 1.54) is 0 Å². The molecule has 0 saturated carbocycles. The molecule has 1 heterocycles. The van der Waals surface area contributed by atoms with Crippen LogP contribution in [0.4, 0.5) is 5.69 Å². The van der Waals surface area contributed by atoms with Crippen molar-refractivity contribution in [3.63, 3.8) is 0 Å². The number of nitrogens with two attached hydrogens (primary N) is 1. The van der Waals surface area contributed by atoms with Crippen molar-refractivity contribution in [2.75, 3.05) is 5.73 Å². The zero-order valence-electron chi connectivity index (χ0n) is 9.28. The average molecular weight is 230 g/mol. The number of rotatable bonds is 4. The zero-order chi connectivity index (χ0) is 12.3. The Morgan fingerprint density at radius 1 is 1.24 bits per heavy atom. The number of aliphatic carboxylic acids is 1. The van der Waals surface area contributed by atoms with Crippen LogP contribution in [0.5, 0.6) is 0 Å². The van der Waals surface area contributed by atoms with Gasteiger partial charge in [0, 0.05) is 18.1 Å². The summed E-state index contributed by atoms with van der Waals surface area (Å²) in [6, 6.07) is 10.9. The van der Waals surface area contributed by atoms with Gasteiger partial charge >= 0.3 is 5.97 Å². The third-order valence-electron chi connectivity index (χ3n) is 2.68. The van der Waals surface area contributed by atoms with E-state index in [1.54, 1.807) is 12.1 Å². The summed E-state index contributed by atoms with van der Waals surface area (Å²) in [5.74, 6) is -0.819. The molecule has 3 N–H and O–H groups in total. The molecule has 2 rings (SSSR count). The topological polar surface area (TPSA) is 68.2 Å². The largest absolute Gasteiger partial charge is 0.481 e. The first-order valence-corrected chi connectivity index (χ1v) is 5.36. The number of nitrogens with zero attached hydrogens (tertiary/aromatic N) is 1. The minimum atomic E-state index is -0.819. The van der Waals surface area contributed by atoms with Gasteiger partial charge in [-0.1, -0.05) is 12.1 Å². The number of hydrogen-bond acceptors (Lipinski definition) is 2. The zero-order valence-corrected chi connectivity index (χ0v) is 9.28. The lowest BCUT2D eigenvalue weighted by Gasteiger charge is -2.17. The van der Waals surface area contributed by atoms with Crippen molar-refractivity contribution >= 4 is 11.7 Å². The summed E-state index contributed by atoms with van der Waals surface area (Å²) in [5, 5.41) is 8.96. The number of anilines is 1. The fraction of sp³-hybridized carbons (Fsp3) is 0.154. The highest BCUT2D eigenvalue weighted by Crippen LogP contribution is 2.23. The first-order chi connectivity index (χ1) is 8.16. The van der Waals surface area contributed by atoms with Crippen LogP contribution in [-0.2, 0) is 4.79 Å². The Bertz CT molecular complexity index is 489. The molecule has 0 radical (unpaired) electrons. The molecule has 0 aliphatic rings. The minimum Gasteiger partial charge on any atom is -0.481 e. The van der Waals surface area contributed by atoms with E-state index >= 15 is 0 Å². The minimum absolute atomic E-state index is 0.0542. The summed E-state index contributed by atoms with van der Waals surface area (Å²) in [4.78, 5) is 10.9. The number of carboxylic acid groups (broad SMARTS) is 1. The second-order valence-corrected chi connectivity index (χ2v) is 3.91. The monoisotopic (exact) mass is 230 g/mol. The summed E-state index contributed by atoms with van der Waals surface area (Å²) >= 11 is 0. The predicted molar refractivity (Wildman–Crippen MR) is 65.7 cm³/mol. The molecule has 0 bridgehead atoms. The molecule has 88 valence electrons. The maximum absolute atomic E-state index is 10.9. The van der Waals surface area contributed by atoms with Gasteiger partial charge in [0.2, 0.25) is 0 Å². The van der Waals surface area contributed by atoms with Gasteiger partial charge in [-0.15, -0.1) is 0 Å². The third-order valence-corrected chi connectivity index (χ3v) is 2.68. The van der Waals surface area contributed by atoms with E-state index in [4.69, 9.17) is 10.8 Å². The number of hydrogen-bond donors (Lipinski definition) is 2. The molecule has 1 aromatic heterocycles. The van der Waals surface area contributed by atoms with Gasteiger partial charge in [-0.05, 0) is 29.8 Å². The van der Waals surface area contributed by atoms with Crippen LogP contribution in [0.2, 0.25) is 0 Å². The quantitative estimate of drug-likeness (QED) is 0.790. The van der Waals surface area contributed by atoms with Crippen LogP contribution >= 0.6 is 0 Å². The molecule has 4 nitrogen and oxygen atoms in total. The van der Waals surface area contributed by atoms with Gasteiger partial charge in [0.15, 0.2) is 0 Å². The summed E-state index contributed by atoms with van der Waals surface area (Å²) in [6.07, 6.45) is 3.78. The molecule has 1 aromatic carbocycles. The molecule has 2 aromatic rings. The summed E-state index contributed by atoms with van der Waals surface area (Å²) in [7, 11) is 0. The number of benzene rings is 1. The van der Waals surface area contributed by atoms with E-state index in [2.05, 4.69) is 0 Å². The highest BCUT2D eigenvalue weighted by atomic mass is 16.4. The lowest BCUT2D eigenvalue weighted by atomic mass is 10.0. The highest BCUT2D eigenvalue weighted by Gasteiger charge is 2.16. The van der Waals surface area contributed by atoms with Gasteiger partial charge in [0.05, 0.1) is 12.5 Å². The van der Waals surface area contributed by atoms with Crippen molar-refractivity contribution in [3.05, 3.63) is 54.4 Å². The maximum atomic E-state index is 10.9. The molecule has 0 fully saturated rings. The predicted octanol–water partition coefficient (Wildman–Crippen LogP) is 2.13. The summed E-state index contributed by atoms with van der Waals surface area (Å²) in [6.45, 7) is 0. The van der Waals surface area contributed by atoms with Gasteiger partial charge in [-0.2, -0.15) is 0 Å². The first kappa shape index (κ1) is 11.3. The molecule has 0 aliphatic carbocycles. The fourth-order valence-electron chi connectivity index (χ4n) is 1.83. The lowest BCUT2D eigenvalue weighted by Crippen LogP contribution is -2.13. The van der Waals surface area contributed by atoms with E-state index in [-0.39, 0.29) is 12.5 Å². The molecule has 0 amide bonds. The van der Waals surface area contributed by atoms with E-state index in [0.717, 1.165) is 5.56 Å². The second kappa shape index (κ2) is 4.74. The Morgan fingerprint density at radius 2 is 1.82 bits per heavy atom. The van der Waals surface area contributed by atoms with Crippen LogP contribution in [0.25, 0.3) is 0 Å². The van der Waals surface area contributed by atoms with Crippen molar-refractivity contribution in [2.24, 2.45) is 0 Å². The Labute approximate surface area is 99.3 Å². The average Bonchev–Trinajstić information content (AvgIpc) is 2.80. The Balaban J connectivity index is 2.33. The summed E-state index contributed by atoms with van der Waals surface area (Å²) < 4.78 is 1.89. The van der Waals surface area contributed by atoms with Crippen LogP contribution < -0.4 is 5.73 Å². The van der Waals surface area contributed by atoms with Gasteiger partial charge in [-0.3, -0.25) is 4.79 Å². The van der Waals surface area contributed by atoms with Crippen LogP contribution in [0.3, 0.4) is 0 Å². The summed E-state index contributed by atoms with van der Waals surface area (Å²) in [5.41, 5.74) is 7.24. The highest BCUT2D eigenvalue weighted by molar-refractivity contribution is 5.68. The van der Waals surface area contributed by atoms with Crippen molar-refractivity contribution in [1.82, 2.24) is 4.57 Å². The second-order valence-electron chi connectivity index (χ2n) is 3.91. The lowest BCUT2D eigenvalue weighted by molar-refractivity contribution is -0.137. The van der Waals surface area contributed by atoms with Crippen LogP contribution in [-0.4, -0.2) is 15.6 Å². The smallest absolute Gasteiger partial charge is 0.305 e. The van der Waals surface area contributed by atoms with Gasteiger partial charge in [-0.25, -0.2) is 0 Å². The molecule has 4 heteroatoms. The number of nitrogen functional groups attached to an aromatic ring is 1. The van der Waals surface area contributed by atoms with Crippen LogP contribution in [0.1, 0.15) is 18.0 Å². The molecule has 1 atom stereocenters. The van der Waals surface area contributed by atoms with Gasteiger partial charge in [0.1, 0.15) is 0 Å². The van der Waals surface area contributed by atoms with Crippen molar-refractivity contribution < 1.29 is 9.90 Å². The number of aromatic nitrogens is 1. The number of carbonyl (C=O) groups is 1. The Hall–Kier alpha value is -2.23. The van der Waals surface area contributed by atoms with E-state index in [9.17, 15) is 4.79 Å². The molecule has 17 heavy (non-hydrogen) atoms. The van der Waals surface area contributed by atoms with E-state index in [0.29, 0.717) is 5.69 Å². The van der Waals surface area contributed by atoms with Gasteiger partial charge < -0.3 is 15.4 Å². The molecular formula is C13H14N2O2. The maximum Gasteiger partial charge on any atom is 0.305 e. The van der Waals surface area contributed by atoms with Gasteiger partial charge in [0.25, 0.3) is 0 Å². The normalized spacial score (nSPS) is 12.2. The molecule has 0 unspecified atom stereocenters. The van der Waals surface area contributed by atoms with Crippen molar-refractivity contribution in [1.29, 1.82) is 0 Å². The molecular weight excluding hydrogens is 216 g/mol. The number of carboxylic acids is 1. The molecule has 0 saturated heterocycles. The third kappa shape index (κ3) is 2.66. The van der Waals surface area contributed by atoms with Crippen molar-refractivity contribution in [3.8, 4) is 0 Å².